The zero-order chi connectivity index (χ0) is 22.1. The fourth-order valence-electron chi connectivity index (χ4n) is 3.51. The summed E-state index contributed by atoms with van der Waals surface area (Å²) in [5.74, 6) is -5.03. The third-order valence-corrected chi connectivity index (χ3v) is 5.82. The second-order valence-electron chi connectivity index (χ2n) is 7.81. The predicted octanol–water partition coefficient (Wildman–Crippen LogP) is 5.67. The van der Waals surface area contributed by atoms with E-state index in [1.807, 2.05) is 0 Å². The maximum absolute atomic E-state index is 13.4. The summed E-state index contributed by atoms with van der Waals surface area (Å²) < 4.78 is 40.3. The van der Waals surface area contributed by atoms with E-state index in [-0.39, 0.29) is 5.56 Å². The molecule has 2 N–H and O–H groups in total. The lowest BCUT2D eigenvalue weighted by atomic mass is 9.85. The van der Waals surface area contributed by atoms with Crippen LogP contribution in [-0.4, -0.2) is 23.2 Å². The minimum absolute atomic E-state index is 0.209. The van der Waals surface area contributed by atoms with Crippen molar-refractivity contribution in [3.05, 3.63) is 64.7 Å². The van der Waals surface area contributed by atoms with Crippen molar-refractivity contribution in [3.63, 3.8) is 0 Å². The van der Waals surface area contributed by atoms with Crippen molar-refractivity contribution in [2.75, 3.05) is 5.32 Å². The van der Waals surface area contributed by atoms with Crippen molar-refractivity contribution in [2.24, 2.45) is 11.3 Å². The Bertz CT molecular complexity index is 939. The standard InChI is InChI=1S/C22H21ClF3NO3/c1-13(22(24,25)26)18(15-5-7-16(23)8-6-15)19(28)27-17-4-2-3-14(11-17)12-21(9-10-21)20(29)30/h2-8,11,13,18H,9-10,12H2,1H3,(H,27,28)(H,29,30)/t13-,18+/m1/s1. The number of carbonyl (C=O) groups is 2. The van der Waals surface area contributed by atoms with Crippen LogP contribution in [0, 0.1) is 11.3 Å². The zero-order valence-corrected chi connectivity index (χ0v) is 16.9. The monoisotopic (exact) mass is 439 g/mol. The number of alkyl halides is 3. The molecular weight excluding hydrogens is 419 g/mol. The molecule has 0 aliphatic heterocycles. The Labute approximate surface area is 177 Å². The van der Waals surface area contributed by atoms with Gasteiger partial charge in [-0.1, -0.05) is 42.8 Å². The van der Waals surface area contributed by atoms with E-state index < -0.39 is 35.3 Å². The molecule has 1 aliphatic carbocycles. The second-order valence-corrected chi connectivity index (χ2v) is 8.25. The molecule has 8 heteroatoms. The van der Waals surface area contributed by atoms with Crippen LogP contribution in [0.25, 0.3) is 0 Å². The molecule has 0 aromatic heterocycles. The number of carbonyl (C=O) groups excluding carboxylic acids is 1. The number of hydrogen-bond acceptors (Lipinski definition) is 2. The molecular formula is C22H21ClF3NO3. The Kier molecular flexibility index (Phi) is 6.13. The molecule has 1 saturated carbocycles. The van der Waals surface area contributed by atoms with Gasteiger partial charge in [0.25, 0.3) is 0 Å². The molecule has 0 spiro atoms. The smallest absolute Gasteiger partial charge is 0.392 e. The molecule has 2 atom stereocenters. The van der Waals surface area contributed by atoms with Crippen molar-refractivity contribution in [1.29, 1.82) is 0 Å². The van der Waals surface area contributed by atoms with Crippen LogP contribution >= 0.6 is 11.6 Å². The van der Waals surface area contributed by atoms with Crippen LogP contribution < -0.4 is 5.32 Å². The highest BCUT2D eigenvalue weighted by atomic mass is 35.5. The second kappa shape index (κ2) is 8.30. The van der Waals surface area contributed by atoms with E-state index in [9.17, 15) is 27.9 Å². The summed E-state index contributed by atoms with van der Waals surface area (Å²) in [4.78, 5) is 24.3. The van der Waals surface area contributed by atoms with Crippen LogP contribution in [0.3, 0.4) is 0 Å². The van der Waals surface area contributed by atoms with E-state index in [1.165, 1.54) is 24.3 Å². The molecule has 2 aromatic rings. The number of amides is 1. The summed E-state index contributed by atoms with van der Waals surface area (Å²) >= 11 is 5.83. The molecule has 1 fully saturated rings. The van der Waals surface area contributed by atoms with Crippen molar-refractivity contribution in [3.8, 4) is 0 Å². The highest BCUT2D eigenvalue weighted by molar-refractivity contribution is 6.30. The van der Waals surface area contributed by atoms with Crippen molar-refractivity contribution >= 4 is 29.2 Å². The number of carboxylic acid groups (broad SMARTS) is 1. The zero-order valence-electron chi connectivity index (χ0n) is 16.2. The molecule has 0 heterocycles. The number of rotatable bonds is 7. The van der Waals surface area contributed by atoms with Gasteiger partial charge in [-0.3, -0.25) is 9.59 Å². The molecule has 3 rings (SSSR count). The van der Waals surface area contributed by atoms with Gasteiger partial charge in [0.1, 0.15) is 0 Å². The van der Waals surface area contributed by atoms with Gasteiger partial charge in [0.05, 0.1) is 17.3 Å². The molecule has 0 radical (unpaired) electrons. The van der Waals surface area contributed by atoms with E-state index in [4.69, 9.17) is 11.6 Å². The van der Waals surface area contributed by atoms with Gasteiger partial charge >= 0.3 is 12.1 Å². The van der Waals surface area contributed by atoms with Gasteiger partial charge in [-0.15, -0.1) is 0 Å². The minimum Gasteiger partial charge on any atom is -0.481 e. The highest BCUT2D eigenvalue weighted by Gasteiger charge is 2.50. The van der Waals surface area contributed by atoms with Gasteiger partial charge < -0.3 is 10.4 Å². The molecule has 0 saturated heterocycles. The third-order valence-electron chi connectivity index (χ3n) is 5.57. The van der Waals surface area contributed by atoms with Crippen LogP contribution in [0.2, 0.25) is 5.02 Å². The average molecular weight is 440 g/mol. The van der Waals surface area contributed by atoms with E-state index in [2.05, 4.69) is 5.32 Å². The maximum atomic E-state index is 13.4. The maximum Gasteiger partial charge on any atom is 0.392 e. The first-order chi connectivity index (χ1) is 14.0. The summed E-state index contributed by atoms with van der Waals surface area (Å²) in [7, 11) is 0. The molecule has 0 unspecified atom stereocenters. The lowest BCUT2D eigenvalue weighted by molar-refractivity contribution is -0.178. The van der Waals surface area contributed by atoms with E-state index >= 15 is 0 Å². The van der Waals surface area contributed by atoms with Crippen molar-refractivity contribution in [2.45, 2.75) is 38.3 Å². The Hall–Kier alpha value is -2.54. The molecule has 160 valence electrons. The summed E-state index contributed by atoms with van der Waals surface area (Å²) in [5, 5.41) is 12.3. The minimum atomic E-state index is -4.57. The number of halogens is 4. The summed E-state index contributed by atoms with van der Waals surface area (Å²) in [6.45, 7) is 0.971. The SMILES string of the molecule is C[C@H]([C@H](C(=O)Nc1cccc(CC2(C(=O)O)CC2)c1)c1ccc(Cl)cc1)C(F)(F)F. The Morgan fingerprint density at radius 2 is 1.80 bits per heavy atom. The van der Waals surface area contributed by atoms with Crippen molar-refractivity contribution < 1.29 is 27.9 Å². The number of aliphatic carboxylic acids is 1. The molecule has 30 heavy (non-hydrogen) atoms. The van der Waals surface area contributed by atoms with Crippen LogP contribution in [-0.2, 0) is 16.0 Å². The Balaban J connectivity index is 1.83. The fraction of sp³-hybridized carbons (Fsp3) is 0.364. The lowest BCUT2D eigenvalue weighted by Gasteiger charge is -2.26. The molecule has 0 bridgehead atoms. The number of anilines is 1. The van der Waals surface area contributed by atoms with Gasteiger partial charge in [0.2, 0.25) is 5.91 Å². The van der Waals surface area contributed by atoms with Gasteiger partial charge in [0, 0.05) is 10.7 Å². The first kappa shape index (κ1) is 22.2. The molecule has 2 aromatic carbocycles. The normalized spacial score (nSPS) is 17.1. The van der Waals surface area contributed by atoms with Crippen LogP contribution in [0.4, 0.5) is 18.9 Å². The van der Waals surface area contributed by atoms with Crippen LogP contribution in [0.5, 0.6) is 0 Å². The Morgan fingerprint density at radius 1 is 1.17 bits per heavy atom. The van der Waals surface area contributed by atoms with E-state index in [0.717, 1.165) is 6.92 Å². The first-order valence-electron chi connectivity index (χ1n) is 9.47. The van der Waals surface area contributed by atoms with Gasteiger partial charge in [-0.2, -0.15) is 13.2 Å². The molecule has 1 aliphatic rings. The Morgan fingerprint density at radius 3 is 2.33 bits per heavy atom. The van der Waals surface area contributed by atoms with Gasteiger partial charge in [-0.05, 0) is 54.7 Å². The summed E-state index contributed by atoms with van der Waals surface area (Å²) in [6.07, 6.45) is -3.09. The van der Waals surface area contributed by atoms with Crippen LogP contribution in [0.1, 0.15) is 36.8 Å². The lowest BCUT2D eigenvalue weighted by Crippen LogP contribution is -2.34. The quantitative estimate of drug-likeness (QED) is 0.584. The van der Waals surface area contributed by atoms with Gasteiger partial charge in [-0.25, -0.2) is 0 Å². The number of benzene rings is 2. The summed E-state index contributed by atoms with van der Waals surface area (Å²) in [5.41, 5.74) is 0.464. The van der Waals surface area contributed by atoms with Crippen molar-refractivity contribution in [1.82, 2.24) is 0 Å². The highest BCUT2D eigenvalue weighted by Crippen LogP contribution is 2.48. The van der Waals surface area contributed by atoms with E-state index in [1.54, 1.807) is 24.3 Å². The van der Waals surface area contributed by atoms with Gasteiger partial charge in [0.15, 0.2) is 0 Å². The number of hydrogen-bond donors (Lipinski definition) is 2. The van der Waals surface area contributed by atoms with E-state index in [0.29, 0.717) is 35.5 Å². The topological polar surface area (TPSA) is 66.4 Å². The van der Waals surface area contributed by atoms with Crippen LogP contribution in [0.15, 0.2) is 48.5 Å². The number of nitrogens with one attached hydrogen (secondary N) is 1. The summed E-state index contributed by atoms with van der Waals surface area (Å²) in [6, 6.07) is 12.3. The fourth-order valence-corrected chi connectivity index (χ4v) is 3.64. The number of carboxylic acids is 1. The molecule has 4 nitrogen and oxygen atoms in total. The third kappa shape index (κ3) is 4.95. The first-order valence-corrected chi connectivity index (χ1v) is 9.85. The molecule has 1 amide bonds. The largest absolute Gasteiger partial charge is 0.481 e. The predicted molar refractivity (Wildman–Crippen MR) is 107 cm³/mol. The average Bonchev–Trinajstić information content (AvgIpc) is 3.44.